The Labute approximate surface area is 81.9 Å². The molecule has 1 fully saturated rings. The van der Waals surface area contributed by atoms with E-state index in [9.17, 15) is 0 Å². The van der Waals surface area contributed by atoms with Crippen molar-refractivity contribution in [3.8, 4) is 0 Å². The van der Waals surface area contributed by atoms with Crippen molar-refractivity contribution in [2.45, 2.75) is 24.8 Å². The molecule has 72 valence electrons. The van der Waals surface area contributed by atoms with Gasteiger partial charge in [-0.25, -0.2) is 4.98 Å². The predicted molar refractivity (Wildman–Crippen MR) is 53.9 cm³/mol. The van der Waals surface area contributed by atoms with Crippen molar-refractivity contribution in [1.29, 1.82) is 0 Å². The minimum atomic E-state index is 0.0288. The molecule has 1 aromatic carbocycles. The van der Waals surface area contributed by atoms with Gasteiger partial charge in [-0.2, -0.15) is 0 Å². The van der Waals surface area contributed by atoms with Gasteiger partial charge in [-0.05, 0) is 30.9 Å². The average Bonchev–Trinajstić information content (AvgIpc) is 2.73. The molecule has 0 bridgehead atoms. The zero-order chi connectivity index (χ0) is 9.60. The summed E-state index contributed by atoms with van der Waals surface area (Å²) >= 11 is 0. The second-order valence-electron chi connectivity index (χ2n) is 4.16. The smallest absolute Gasteiger partial charge is 0.181 e. The third-order valence-electron chi connectivity index (χ3n) is 2.87. The Hall–Kier alpha value is -1.35. The van der Waals surface area contributed by atoms with Crippen molar-refractivity contribution < 1.29 is 4.42 Å². The van der Waals surface area contributed by atoms with E-state index in [4.69, 9.17) is 10.2 Å². The van der Waals surface area contributed by atoms with E-state index >= 15 is 0 Å². The van der Waals surface area contributed by atoms with Crippen LogP contribution in [-0.4, -0.2) is 10.5 Å². The lowest BCUT2D eigenvalue weighted by Gasteiger charge is -2.07. The zero-order valence-electron chi connectivity index (χ0n) is 7.86. The van der Waals surface area contributed by atoms with Crippen LogP contribution in [0.4, 0.5) is 0 Å². The van der Waals surface area contributed by atoms with E-state index in [0.29, 0.717) is 0 Å². The van der Waals surface area contributed by atoms with Crippen molar-refractivity contribution in [1.82, 2.24) is 4.98 Å². The molecule has 0 amide bonds. The molecule has 2 aromatic rings. The third-order valence-corrected chi connectivity index (χ3v) is 2.87. The Morgan fingerprint density at radius 3 is 3.07 bits per heavy atom. The van der Waals surface area contributed by atoms with Gasteiger partial charge >= 0.3 is 0 Å². The number of hydrogen-bond acceptors (Lipinski definition) is 3. The highest BCUT2D eigenvalue weighted by Gasteiger charge is 2.38. The Kier molecular flexibility index (Phi) is 1.47. The second-order valence-corrected chi connectivity index (χ2v) is 4.16. The van der Waals surface area contributed by atoms with Crippen LogP contribution in [0.25, 0.3) is 11.1 Å². The monoisotopic (exact) mass is 188 g/mol. The molecular formula is C11H12N2O. The fourth-order valence-electron chi connectivity index (χ4n) is 1.80. The summed E-state index contributed by atoms with van der Waals surface area (Å²) in [4.78, 5) is 4.12. The summed E-state index contributed by atoms with van der Waals surface area (Å²) < 4.78 is 5.36. The molecule has 1 aliphatic rings. The summed E-state index contributed by atoms with van der Waals surface area (Å²) in [5.41, 5.74) is 9.10. The number of nitrogens with zero attached hydrogens (tertiary/aromatic N) is 1. The summed E-state index contributed by atoms with van der Waals surface area (Å²) in [5, 5.41) is 0. The van der Waals surface area contributed by atoms with Gasteiger partial charge < -0.3 is 10.2 Å². The summed E-state index contributed by atoms with van der Waals surface area (Å²) in [6.45, 7) is 0. The van der Waals surface area contributed by atoms with Gasteiger partial charge in [0, 0.05) is 5.54 Å². The Balaban J connectivity index is 2.06. The van der Waals surface area contributed by atoms with Gasteiger partial charge in [-0.3, -0.25) is 0 Å². The number of para-hydroxylation sites is 1. The first-order valence-electron chi connectivity index (χ1n) is 4.87. The van der Waals surface area contributed by atoms with E-state index in [2.05, 4.69) is 11.1 Å². The molecule has 3 rings (SSSR count). The first-order chi connectivity index (χ1) is 6.77. The topological polar surface area (TPSA) is 52.0 Å². The molecule has 0 atom stereocenters. The van der Waals surface area contributed by atoms with Crippen molar-refractivity contribution >= 4 is 11.1 Å². The summed E-state index contributed by atoms with van der Waals surface area (Å²) in [6.07, 6.45) is 4.64. The fraction of sp³-hybridized carbons (Fsp3) is 0.364. The molecule has 3 heteroatoms. The highest BCUT2D eigenvalue weighted by molar-refractivity contribution is 5.76. The molecule has 1 aromatic heterocycles. The van der Waals surface area contributed by atoms with Gasteiger partial charge in [0.05, 0.1) is 0 Å². The van der Waals surface area contributed by atoms with E-state index in [1.807, 2.05) is 12.1 Å². The lowest BCUT2D eigenvalue weighted by molar-refractivity contribution is 0.589. The molecule has 0 radical (unpaired) electrons. The molecular weight excluding hydrogens is 176 g/mol. The lowest BCUT2D eigenvalue weighted by Crippen LogP contribution is -2.24. The van der Waals surface area contributed by atoms with Crippen LogP contribution in [0.3, 0.4) is 0 Å². The van der Waals surface area contributed by atoms with Crippen LogP contribution in [-0.2, 0) is 6.42 Å². The predicted octanol–water partition coefficient (Wildman–Crippen LogP) is 1.86. The number of aromatic nitrogens is 1. The van der Waals surface area contributed by atoms with Crippen LogP contribution in [0.2, 0.25) is 0 Å². The van der Waals surface area contributed by atoms with Crippen molar-refractivity contribution in [3.63, 3.8) is 0 Å². The van der Waals surface area contributed by atoms with Gasteiger partial charge in [-0.15, -0.1) is 0 Å². The number of oxazole rings is 1. The van der Waals surface area contributed by atoms with Gasteiger partial charge in [0.1, 0.15) is 5.52 Å². The van der Waals surface area contributed by atoms with Crippen molar-refractivity contribution in [2.75, 3.05) is 0 Å². The molecule has 0 aliphatic heterocycles. The zero-order valence-corrected chi connectivity index (χ0v) is 7.86. The second kappa shape index (κ2) is 2.58. The van der Waals surface area contributed by atoms with Crippen molar-refractivity contribution in [2.24, 2.45) is 5.73 Å². The van der Waals surface area contributed by atoms with Crippen LogP contribution in [0.1, 0.15) is 18.4 Å². The minimum Gasteiger partial charge on any atom is -0.443 e. The maximum atomic E-state index is 6.08. The lowest BCUT2D eigenvalue weighted by atomic mass is 10.0. The SMILES string of the molecule is NC1(Cc2cccc3ncoc23)CC1. The molecule has 1 heterocycles. The van der Waals surface area contributed by atoms with Gasteiger partial charge in [-0.1, -0.05) is 12.1 Å². The van der Waals surface area contributed by atoms with E-state index in [1.54, 1.807) is 0 Å². The van der Waals surface area contributed by atoms with E-state index in [0.717, 1.165) is 30.4 Å². The molecule has 0 saturated heterocycles. The van der Waals surface area contributed by atoms with Crippen molar-refractivity contribution in [3.05, 3.63) is 30.2 Å². The number of fused-ring (bicyclic) bond motifs is 1. The van der Waals surface area contributed by atoms with E-state index < -0.39 is 0 Å². The van der Waals surface area contributed by atoms with Gasteiger partial charge in [0.25, 0.3) is 0 Å². The fourth-order valence-corrected chi connectivity index (χ4v) is 1.80. The maximum Gasteiger partial charge on any atom is 0.181 e. The summed E-state index contributed by atoms with van der Waals surface area (Å²) in [5.74, 6) is 0. The molecule has 1 aliphatic carbocycles. The normalized spacial score (nSPS) is 18.6. The van der Waals surface area contributed by atoms with Crippen LogP contribution >= 0.6 is 0 Å². The maximum absolute atomic E-state index is 6.08. The first-order valence-corrected chi connectivity index (χ1v) is 4.87. The molecule has 0 unspecified atom stereocenters. The molecule has 3 nitrogen and oxygen atoms in total. The van der Waals surface area contributed by atoms with Crippen LogP contribution in [0.15, 0.2) is 29.0 Å². The molecule has 14 heavy (non-hydrogen) atoms. The number of nitrogens with two attached hydrogens (primary N) is 1. The number of rotatable bonds is 2. The first kappa shape index (κ1) is 8.00. The van der Waals surface area contributed by atoms with Gasteiger partial charge in [0.2, 0.25) is 0 Å². The minimum absolute atomic E-state index is 0.0288. The highest BCUT2D eigenvalue weighted by atomic mass is 16.3. The van der Waals surface area contributed by atoms with E-state index in [-0.39, 0.29) is 5.54 Å². The highest BCUT2D eigenvalue weighted by Crippen LogP contribution is 2.36. The average molecular weight is 188 g/mol. The Morgan fingerprint density at radius 1 is 1.43 bits per heavy atom. The van der Waals surface area contributed by atoms with Crippen LogP contribution < -0.4 is 5.73 Å². The van der Waals surface area contributed by atoms with Crippen LogP contribution in [0, 0.1) is 0 Å². The number of benzene rings is 1. The van der Waals surface area contributed by atoms with Gasteiger partial charge in [0.15, 0.2) is 12.0 Å². The third kappa shape index (κ3) is 1.21. The summed E-state index contributed by atoms with van der Waals surface area (Å²) in [7, 11) is 0. The molecule has 2 N–H and O–H groups in total. The largest absolute Gasteiger partial charge is 0.443 e. The Morgan fingerprint density at radius 2 is 2.29 bits per heavy atom. The molecule has 1 saturated carbocycles. The van der Waals surface area contributed by atoms with E-state index in [1.165, 1.54) is 12.0 Å². The molecule has 0 spiro atoms. The quantitative estimate of drug-likeness (QED) is 0.782. The number of hydrogen-bond donors (Lipinski definition) is 1. The standard InChI is InChI=1S/C11H12N2O/c12-11(4-5-11)6-8-2-1-3-9-10(8)14-7-13-9/h1-3,7H,4-6,12H2. The van der Waals surface area contributed by atoms with Crippen LogP contribution in [0.5, 0.6) is 0 Å². The summed E-state index contributed by atoms with van der Waals surface area (Å²) in [6, 6.07) is 6.03. The Bertz CT molecular complexity index is 471.